The van der Waals surface area contributed by atoms with Crippen molar-refractivity contribution in [2.24, 2.45) is 0 Å². The first-order chi connectivity index (χ1) is 10.6. The van der Waals surface area contributed by atoms with Crippen LogP contribution in [0.5, 0.6) is 0 Å². The molecule has 0 aliphatic carbocycles. The molecule has 0 saturated heterocycles. The predicted octanol–water partition coefficient (Wildman–Crippen LogP) is 1.99. The molecule has 6 nitrogen and oxygen atoms in total. The third-order valence-corrected chi connectivity index (χ3v) is 3.87. The fourth-order valence-electron chi connectivity index (χ4n) is 2.57. The number of hydrogen-bond acceptors (Lipinski definition) is 4. The predicted molar refractivity (Wildman–Crippen MR) is 83.1 cm³/mol. The molecule has 1 aromatic carbocycles. The normalized spacial score (nSPS) is 15.6. The van der Waals surface area contributed by atoms with Crippen LogP contribution in [0.25, 0.3) is 11.3 Å². The van der Waals surface area contributed by atoms with Crippen molar-refractivity contribution >= 4 is 11.5 Å². The zero-order valence-corrected chi connectivity index (χ0v) is 12.7. The number of benzene rings is 1. The Labute approximate surface area is 128 Å². The maximum absolute atomic E-state index is 11.5. The molecule has 2 heterocycles. The van der Waals surface area contributed by atoms with Crippen LogP contribution < -0.4 is 0 Å². The quantitative estimate of drug-likeness (QED) is 0.938. The lowest BCUT2D eigenvalue weighted by molar-refractivity contribution is 0.0690. The van der Waals surface area contributed by atoms with E-state index in [0.717, 1.165) is 36.3 Å². The minimum atomic E-state index is -1.05. The van der Waals surface area contributed by atoms with E-state index in [1.165, 1.54) is 0 Å². The van der Waals surface area contributed by atoms with E-state index in [9.17, 15) is 9.90 Å². The molecule has 0 saturated carbocycles. The average molecular weight is 298 g/mol. The minimum absolute atomic E-state index is 0.0105. The lowest BCUT2D eigenvalue weighted by atomic mass is 10.0. The standard InChI is InChI=1S/C16H18N4O2/c1-11-3-5-13(6-4-11)20-15(14(16(21)22)17-18-20)12-7-9-19(2)10-8-12/h3-7H,8-10H2,1-2H3,(H,21,22). The summed E-state index contributed by atoms with van der Waals surface area (Å²) in [5, 5.41) is 17.3. The highest BCUT2D eigenvalue weighted by molar-refractivity contribution is 5.91. The highest BCUT2D eigenvalue weighted by Gasteiger charge is 2.24. The van der Waals surface area contributed by atoms with Gasteiger partial charge in [-0.1, -0.05) is 29.0 Å². The number of likely N-dealkylation sites (N-methyl/N-ethyl adjacent to an activating group) is 1. The molecule has 3 rings (SSSR count). The Balaban J connectivity index is 2.11. The van der Waals surface area contributed by atoms with Crippen molar-refractivity contribution < 1.29 is 9.90 Å². The Morgan fingerprint density at radius 1 is 1.27 bits per heavy atom. The van der Waals surface area contributed by atoms with E-state index >= 15 is 0 Å². The molecule has 0 amide bonds. The highest BCUT2D eigenvalue weighted by atomic mass is 16.4. The van der Waals surface area contributed by atoms with Gasteiger partial charge in [0.15, 0.2) is 5.69 Å². The summed E-state index contributed by atoms with van der Waals surface area (Å²) in [5.74, 6) is -1.05. The zero-order chi connectivity index (χ0) is 15.7. The molecule has 0 unspecified atom stereocenters. The summed E-state index contributed by atoms with van der Waals surface area (Å²) in [6, 6.07) is 7.80. The van der Waals surface area contributed by atoms with Crippen LogP contribution in [0.4, 0.5) is 0 Å². The van der Waals surface area contributed by atoms with E-state index < -0.39 is 5.97 Å². The van der Waals surface area contributed by atoms with Crippen LogP contribution in [0, 0.1) is 6.92 Å². The third kappa shape index (κ3) is 2.65. The first-order valence-electron chi connectivity index (χ1n) is 7.20. The minimum Gasteiger partial charge on any atom is -0.476 e. The summed E-state index contributed by atoms with van der Waals surface area (Å²) in [6.45, 7) is 3.70. The van der Waals surface area contributed by atoms with Gasteiger partial charge in [0.05, 0.1) is 5.69 Å². The fourth-order valence-corrected chi connectivity index (χ4v) is 2.57. The van der Waals surface area contributed by atoms with E-state index in [0.29, 0.717) is 5.69 Å². The molecule has 22 heavy (non-hydrogen) atoms. The van der Waals surface area contributed by atoms with Gasteiger partial charge in [0.25, 0.3) is 0 Å². The number of aryl methyl sites for hydroxylation is 1. The van der Waals surface area contributed by atoms with Crippen LogP contribution in [0.1, 0.15) is 28.2 Å². The number of rotatable bonds is 3. The van der Waals surface area contributed by atoms with Gasteiger partial charge in [-0.3, -0.25) is 0 Å². The number of carboxylic acid groups (broad SMARTS) is 1. The summed E-state index contributed by atoms with van der Waals surface area (Å²) in [5.41, 5.74) is 3.55. The molecular formula is C16H18N4O2. The molecule has 114 valence electrons. The summed E-state index contributed by atoms with van der Waals surface area (Å²) in [4.78, 5) is 13.7. The van der Waals surface area contributed by atoms with Crippen LogP contribution in [0.3, 0.4) is 0 Å². The van der Waals surface area contributed by atoms with Crippen LogP contribution in [0.15, 0.2) is 30.3 Å². The molecule has 0 bridgehead atoms. The summed E-state index contributed by atoms with van der Waals surface area (Å²) in [7, 11) is 2.04. The van der Waals surface area contributed by atoms with Crippen molar-refractivity contribution in [1.82, 2.24) is 19.9 Å². The van der Waals surface area contributed by atoms with Gasteiger partial charge < -0.3 is 10.0 Å². The van der Waals surface area contributed by atoms with E-state index in [2.05, 4.69) is 21.3 Å². The Hall–Kier alpha value is -2.47. The smallest absolute Gasteiger partial charge is 0.358 e. The molecule has 0 atom stereocenters. The zero-order valence-electron chi connectivity index (χ0n) is 12.7. The Morgan fingerprint density at radius 3 is 2.59 bits per heavy atom. The molecule has 1 aliphatic rings. The van der Waals surface area contributed by atoms with Crippen molar-refractivity contribution in [3.8, 4) is 5.69 Å². The van der Waals surface area contributed by atoms with Crippen molar-refractivity contribution in [3.05, 3.63) is 47.3 Å². The second-order valence-electron chi connectivity index (χ2n) is 5.58. The molecule has 1 aliphatic heterocycles. The average Bonchev–Trinajstić information content (AvgIpc) is 2.94. The summed E-state index contributed by atoms with van der Waals surface area (Å²) < 4.78 is 1.63. The van der Waals surface area contributed by atoms with Gasteiger partial charge in [-0.15, -0.1) is 5.10 Å². The molecule has 0 radical (unpaired) electrons. The lowest BCUT2D eigenvalue weighted by Gasteiger charge is -2.22. The van der Waals surface area contributed by atoms with Crippen LogP contribution in [-0.2, 0) is 0 Å². The Bertz CT molecular complexity index is 731. The first kappa shape index (κ1) is 14.5. The van der Waals surface area contributed by atoms with E-state index in [4.69, 9.17) is 0 Å². The van der Waals surface area contributed by atoms with Gasteiger partial charge >= 0.3 is 5.97 Å². The number of aromatic carboxylic acids is 1. The van der Waals surface area contributed by atoms with Gasteiger partial charge in [-0.25, -0.2) is 9.48 Å². The van der Waals surface area contributed by atoms with Gasteiger partial charge in [0.1, 0.15) is 5.69 Å². The van der Waals surface area contributed by atoms with Crippen LogP contribution in [-0.4, -0.2) is 51.1 Å². The van der Waals surface area contributed by atoms with Crippen molar-refractivity contribution in [2.75, 3.05) is 20.1 Å². The monoisotopic (exact) mass is 298 g/mol. The highest BCUT2D eigenvalue weighted by Crippen LogP contribution is 2.26. The molecular weight excluding hydrogens is 280 g/mol. The Kier molecular flexibility index (Phi) is 3.77. The SMILES string of the molecule is Cc1ccc(-n2nnc(C(=O)O)c2C2=CCN(C)CC2)cc1. The number of carbonyl (C=O) groups is 1. The molecule has 6 heteroatoms. The topological polar surface area (TPSA) is 71.2 Å². The molecule has 2 aromatic rings. The third-order valence-electron chi connectivity index (χ3n) is 3.87. The molecule has 0 spiro atoms. The molecule has 1 aromatic heterocycles. The van der Waals surface area contributed by atoms with Crippen molar-refractivity contribution in [3.63, 3.8) is 0 Å². The second kappa shape index (κ2) is 5.73. The van der Waals surface area contributed by atoms with Gasteiger partial charge in [-0.05, 0) is 38.1 Å². The maximum atomic E-state index is 11.5. The van der Waals surface area contributed by atoms with Crippen molar-refractivity contribution in [1.29, 1.82) is 0 Å². The summed E-state index contributed by atoms with van der Waals surface area (Å²) in [6.07, 6.45) is 2.84. The number of aromatic nitrogens is 3. The summed E-state index contributed by atoms with van der Waals surface area (Å²) >= 11 is 0. The van der Waals surface area contributed by atoms with E-state index in [1.807, 2.05) is 38.2 Å². The van der Waals surface area contributed by atoms with Crippen LogP contribution in [0.2, 0.25) is 0 Å². The fraction of sp³-hybridized carbons (Fsp3) is 0.312. The van der Waals surface area contributed by atoms with Crippen LogP contribution >= 0.6 is 0 Å². The van der Waals surface area contributed by atoms with Gasteiger partial charge in [-0.2, -0.15) is 0 Å². The van der Waals surface area contributed by atoms with Gasteiger partial charge in [0, 0.05) is 13.1 Å². The first-order valence-corrected chi connectivity index (χ1v) is 7.20. The lowest BCUT2D eigenvalue weighted by Crippen LogP contribution is -2.24. The largest absolute Gasteiger partial charge is 0.476 e. The Morgan fingerprint density at radius 2 is 2.00 bits per heavy atom. The molecule has 1 N–H and O–H groups in total. The second-order valence-corrected chi connectivity index (χ2v) is 5.58. The van der Waals surface area contributed by atoms with E-state index in [1.54, 1.807) is 4.68 Å². The van der Waals surface area contributed by atoms with E-state index in [-0.39, 0.29) is 5.69 Å². The van der Waals surface area contributed by atoms with Crippen molar-refractivity contribution in [2.45, 2.75) is 13.3 Å². The number of carboxylic acids is 1. The maximum Gasteiger partial charge on any atom is 0.358 e. The molecule has 0 fully saturated rings. The number of nitrogens with zero attached hydrogens (tertiary/aromatic N) is 4. The van der Waals surface area contributed by atoms with Gasteiger partial charge in [0.2, 0.25) is 0 Å². The number of hydrogen-bond donors (Lipinski definition) is 1.